The van der Waals surface area contributed by atoms with Gasteiger partial charge in [0.25, 0.3) is 0 Å². The summed E-state index contributed by atoms with van der Waals surface area (Å²) in [6.07, 6.45) is -5.31. The van der Waals surface area contributed by atoms with Crippen LogP contribution in [0.5, 0.6) is 0 Å². The van der Waals surface area contributed by atoms with Crippen molar-refractivity contribution < 1.29 is 37.3 Å². The van der Waals surface area contributed by atoms with Crippen LogP contribution in [0.1, 0.15) is 58.6 Å². The van der Waals surface area contributed by atoms with Gasteiger partial charge in [-0.2, -0.15) is 13.2 Å². The maximum absolute atomic E-state index is 12.9. The molecule has 30 heavy (non-hydrogen) atoms. The van der Waals surface area contributed by atoms with Crippen LogP contribution in [0.15, 0.2) is 24.3 Å². The molecule has 2 N–H and O–H groups in total. The highest BCUT2D eigenvalue weighted by Gasteiger charge is 2.33. The van der Waals surface area contributed by atoms with Crippen molar-refractivity contribution in [3.63, 3.8) is 0 Å². The molecule has 0 aliphatic carbocycles. The summed E-state index contributed by atoms with van der Waals surface area (Å²) in [7, 11) is 0. The van der Waals surface area contributed by atoms with E-state index in [-0.39, 0.29) is 6.61 Å². The largest absolute Gasteiger partial charge is 0.465 e. The van der Waals surface area contributed by atoms with E-state index >= 15 is 0 Å². The van der Waals surface area contributed by atoms with E-state index < -0.39 is 53.4 Å². The molecule has 6 nitrogen and oxygen atoms in total. The smallest absolute Gasteiger partial charge is 0.416 e. The Morgan fingerprint density at radius 1 is 1.03 bits per heavy atom. The van der Waals surface area contributed by atoms with Crippen molar-refractivity contribution in [3.8, 4) is 0 Å². The van der Waals surface area contributed by atoms with E-state index in [1.165, 1.54) is 12.1 Å². The first kappa shape index (κ1) is 25.7. The molecule has 0 aromatic heterocycles. The zero-order valence-electron chi connectivity index (χ0n) is 18.1. The molecule has 0 radical (unpaired) electrons. The summed E-state index contributed by atoms with van der Waals surface area (Å²) in [5.41, 5.74) is -2.05. The zero-order chi connectivity index (χ0) is 23.3. The standard InChI is InChI=1S/C21H30F3NO5/c1-19(2,3)17(27)29-12-15(13-7-9-14(10-8-13)21(22,23)24)16(11-26)25-18(28)30-20(4,5)6/h7-10,15-16,26H,11-12H2,1-6H3,(H,25,28)/t15-,16+/m0/s1. The van der Waals surface area contributed by atoms with E-state index in [2.05, 4.69) is 5.32 Å². The van der Waals surface area contributed by atoms with Gasteiger partial charge in [-0.05, 0) is 59.2 Å². The van der Waals surface area contributed by atoms with Gasteiger partial charge in [0.05, 0.1) is 23.6 Å². The highest BCUT2D eigenvalue weighted by atomic mass is 19.4. The number of nitrogens with one attached hydrogen (secondary N) is 1. The Balaban J connectivity index is 3.14. The Morgan fingerprint density at radius 2 is 1.57 bits per heavy atom. The lowest BCUT2D eigenvalue weighted by atomic mass is 9.91. The number of alkyl halides is 3. The lowest BCUT2D eigenvalue weighted by Gasteiger charge is -2.29. The molecule has 0 aliphatic heterocycles. The second kappa shape index (κ2) is 9.68. The number of hydrogen-bond donors (Lipinski definition) is 2. The number of halogens is 3. The molecule has 0 heterocycles. The third kappa shape index (κ3) is 8.22. The predicted molar refractivity (Wildman–Crippen MR) is 105 cm³/mol. The van der Waals surface area contributed by atoms with Gasteiger partial charge in [0.15, 0.2) is 0 Å². The van der Waals surface area contributed by atoms with E-state index in [1.54, 1.807) is 41.5 Å². The van der Waals surface area contributed by atoms with Crippen LogP contribution in [-0.4, -0.2) is 42.0 Å². The third-order valence-electron chi connectivity index (χ3n) is 4.06. The minimum atomic E-state index is -4.50. The normalized spacial score (nSPS) is 14.6. The monoisotopic (exact) mass is 433 g/mol. The number of carbonyl (C=O) groups excluding carboxylic acids is 2. The summed E-state index contributed by atoms with van der Waals surface area (Å²) in [5, 5.41) is 12.3. The Bertz CT molecular complexity index is 718. The van der Waals surface area contributed by atoms with Crippen molar-refractivity contribution >= 4 is 12.1 Å². The van der Waals surface area contributed by atoms with Crippen LogP contribution in [0.4, 0.5) is 18.0 Å². The second-order valence-electron chi connectivity index (χ2n) is 9.01. The fraction of sp³-hybridized carbons (Fsp3) is 0.619. The molecule has 1 aromatic rings. The summed E-state index contributed by atoms with van der Waals surface area (Å²) >= 11 is 0. The number of alkyl carbamates (subject to hydrolysis) is 1. The molecule has 0 unspecified atom stereocenters. The van der Waals surface area contributed by atoms with Gasteiger partial charge < -0.3 is 19.9 Å². The predicted octanol–water partition coefficient (Wildman–Crippen LogP) is 4.26. The van der Waals surface area contributed by atoms with E-state index in [0.29, 0.717) is 5.56 Å². The van der Waals surface area contributed by atoms with Crippen molar-refractivity contribution in [3.05, 3.63) is 35.4 Å². The Morgan fingerprint density at radius 3 is 1.97 bits per heavy atom. The van der Waals surface area contributed by atoms with Gasteiger partial charge in [-0.25, -0.2) is 4.79 Å². The fourth-order valence-corrected chi connectivity index (χ4v) is 2.48. The summed E-state index contributed by atoms with van der Waals surface area (Å²) in [6, 6.07) is 3.31. The molecular formula is C21H30F3NO5. The Labute approximate surface area is 174 Å². The number of esters is 1. The molecule has 170 valence electrons. The van der Waals surface area contributed by atoms with E-state index in [4.69, 9.17) is 9.47 Å². The Kier molecular flexibility index (Phi) is 8.31. The van der Waals surface area contributed by atoms with E-state index in [1.807, 2.05) is 0 Å². The SMILES string of the molecule is CC(C)(C)OC(=O)N[C@H](CO)[C@@H](COC(=O)C(C)(C)C)c1ccc(C(F)(F)F)cc1. The van der Waals surface area contributed by atoms with Crippen molar-refractivity contribution in [1.29, 1.82) is 0 Å². The second-order valence-corrected chi connectivity index (χ2v) is 9.01. The topological polar surface area (TPSA) is 84.9 Å². The minimum Gasteiger partial charge on any atom is -0.465 e. The first-order chi connectivity index (χ1) is 13.5. The molecule has 0 saturated heterocycles. The molecule has 1 aromatic carbocycles. The highest BCUT2D eigenvalue weighted by Crippen LogP contribution is 2.31. The van der Waals surface area contributed by atoms with Gasteiger partial charge in [-0.15, -0.1) is 0 Å². The quantitative estimate of drug-likeness (QED) is 0.655. The lowest BCUT2D eigenvalue weighted by molar-refractivity contribution is -0.153. The number of carbonyl (C=O) groups is 2. The lowest BCUT2D eigenvalue weighted by Crippen LogP contribution is -2.45. The van der Waals surface area contributed by atoms with E-state index in [9.17, 15) is 27.9 Å². The molecule has 0 fully saturated rings. The number of rotatable bonds is 6. The first-order valence-electron chi connectivity index (χ1n) is 9.49. The van der Waals surface area contributed by atoms with Crippen LogP contribution < -0.4 is 5.32 Å². The van der Waals surface area contributed by atoms with Gasteiger partial charge in [0, 0.05) is 5.92 Å². The van der Waals surface area contributed by atoms with Gasteiger partial charge in [-0.3, -0.25) is 4.79 Å². The number of aliphatic hydroxyl groups is 1. The number of aliphatic hydroxyl groups excluding tert-OH is 1. The summed E-state index contributed by atoms with van der Waals surface area (Å²) in [4.78, 5) is 24.3. The zero-order valence-corrected chi connectivity index (χ0v) is 18.1. The molecule has 0 saturated carbocycles. The van der Waals surface area contributed by atoms with Crippen molar-refractivity contribution in [2.75, 3.05) is 13.2 Å². The van der Waals surface area contributed by atoms with Crippen LogP contribution in [0, 0.1) is 5.41 Å². The van der Waals surface area contributed by atoms with E-state index in [0.717, 1.165) is 12.1 Å². The van der Waals surface area contributed by atoms with Gasteiger partial charge in [0.1, 0.15) is 12.2 Å². The maximum Gasteiger partial charge on any atom is 0.416 e. The first-order valence-corrected chi connectivity index (χ1v) is 9.49. The van der Waals surface area contributed by atoms with Crippen molar-refractivity contribution in [2.45, 2.75) is 65.3 Å². The summed E-state index contributed by atoms with van der Waals surface area (Å²) in [6.45, 7) is 9.18. The summed E-state index contributed by atoms with van der Waals surface area (Å²) < 4.78 is 49.1. The molecule has 0 bridgehead atoms. The maximum atomic E-state index is 12.9. The minimum absolute atomic E-state index is 0.248. The molecule has 0 aliphatic rings. The average molecular weight is 433 g/mol. The molecule has 0 spiro atoms. The average Bonchev–Trinajstić information content (AvgIpc) is 2.57. The third-order valence-corrected chi connectivity index (χ3v) is 4.06. The highest BCUT2D eigenvalue weighted by molar-refractivity contribution is 5.75. The number of ether oxygens (including phenoxy) is 2. The summed E-state index contributed by atoms with van der Waals surface area (Å²) in [5.74, 6) is -1.32. The van der Waals surface area contributed by atoms with Crippen LogP contribution in [0.2, 0.25) is 0 Å². The Hall–Kier alpha value is -2.29. The van der Waals surface area contributed by atoms with Crippen molar-refractivity contribution in [1.82, 2.24) is 5.32 Å². The number of amides is 1. The van der Waals surface area contributed by atoms with Crippen LogP contribution in [0.25, 0.3) is 0 Å². The van der Waals surface area contributed by atoms with Crippen molar-refractivity contribution in [2.24, 2.45) is 5.41 Å². The van der Waals surface area contributed by atoms with Gasteiger partial charge >= 0.3 is 18.2 Å². The van der Waals surface area contributed by atoms with Gasteiger partial charge in [-0.1, -0.05) is 12.1 Å². The molecule has 1 rings (SSSR count). The number of hydrogen-bond acceptors (Lipinski definition) is 5. The number of benzene rings is 1. The van der Waals surface area contributed by atoms with Crippen LogP contribution >= 0.6 is 0 Å². The fourth-order valence-electron chi connectivity index (χ4n) is 2.48. The molecule has 2 atom stereocenters. The molecule has 9 heteroatoms. The van der Waals surface area contributed by atoms with Crippen LogP contribution in [-0.2, 0) is 20.4 Å². The molecule has 1 amide bonds. The van der Waals surface area contributed by atoms with Crippen LogP contribution in [0.3, 0.4) is 0 Å². The van der Waals surface area contributed by atoms with Gasteiger partial charge in [0.2, 0.25) is 0 Å². The molecular weight excluding hydrogens is 403 g/mol.